The predicted molar refractivity (Wildman–Crippen MR) is 79.6 cm³/mol. The standard InChI is InChI=1S/C14H16N4O2S/c1-18(21(19,20)14-9-16-17-10-14)11-13-5-2-4-12(8-13)6-3-7-15/h2,4-5,8-10H,7,11,15H2,1H3,(H,16,17). The number of sulfonamides is 1. The van der Waals surface area contributed by atoms with Crippen molar-refractivity contribution < 1.29 is 8.42 Å². The van der Waals surface area contributed by atoms with E-state index in [9.17, 15) is 8.42 Å². The zero-order chi connectivity index (χ0) is 15.3. The lowest BCUT2D eigenvalue weighted by Gasteiger charge is -2.16. The fourth-order valence-electron chi connectivity index (χ4n) is 1.80. The van der Waals surface area contributed by atoms with Gasteiger partial charge in [0.25, 0.3) is 0 Å². The van der Waals surface area contributed by atoms with Crippen LogP contribution in [0.1, 0.15) is 11.1 Å². The average Bonchev–Trinajstić information content (AvgIpc) is 3.00. The normalized spacial score (nSPS) is 11.2. The summed E-state index contributed by atoms with van der Waals surface area (Å²) in [6.45, 7) is 0.546. The Bertz CT molecular complexity index is 758. The molecule has 2 rings (SSSR count). The second kappa shape index (κ2) is 6.54. The SMILES string of the molecule is CN(Cc1cccc(C#CCN)c1)S(=O)(=O)c1cn[nH]c1. The third kappa shape index (κ3) is 3.70. The molecule has 0 fully saturated rings. The molecule has 7 heteroatoms. The van der Waals surface area contributed by atoms with Crippen LogP contribution in [0, 0.1) is 11.8 Å². The van der Waals surface area contributed by atoms with Crippen LogP contribution in [0.3, 0.4) is 0 Å². The van der Waals surface area contributed by atoms with Crippen LogP contribution in [0.5, 0.6) is 0 Å². The van der Waals surface area contributed by atoms with Crippen molar-refractivity contribution >= 4 is 10.0 Å². The van der Waals surface area contributed by atoms with Crippen LogP contribution in [0.15, 0.2) is 41.6 Å². The highest BCUT2D eigenvalue weighted by Crippen LogP contribution is 2.15. The van der Waals surface area contributed by atoms with Crippen molar-refractivity contribution in [2.45, 2.75) is 11.4 Å². The van der Waals surface area contributed by atoms with E-state index >= 15 is 0 Å². The van der Waals surface area contributed by atoms with Gasteiger partial charge < -0.3 is 5.73 Å². The van der Waals surface area contributed by atoms with Gasteiger partial charge in [0.2, 0.25) is 10.0 Å². The second-order valence-electron chi connectivity index (χ2n) is 4.40. The topological polar surface area (TPSA) is 92.1 Å². The van der Waals surface area contributed by atoms with E-state index in [1.165, 1.54) is 23.7 Å². The molecular weight excluding hydrogens is 288 g/mol. The molecule has 0 amide bonds. The number of hydrogen-bond donors (Lipinski definition) is 2. The van der Waals surface area contributed by atoms with Gasteiger partial charge in [0, 0.05) is 25.4 Å². The summed E-state index contributed by atoms with van der Waals surface area (Å²) in [7, 11) is -2.01. The van der Waals surface area contributed by atoms with Gasteiger partial charge in [0.05, 0.1) is 12.7 Å². The molecule has 0 aliphatic rings. The van der Waals surface area contributed by atoms with Gasteiger partial charge in [-0.25, -0.2) is 8.42 Å². The van der Waals surface area contributed by atoms with Crippen LogP contribution in [-0.2, 0) is 16.6 Å². The summed E-state index contributed by atoms with van der Waals surface area (Å²) in [5.41, 5.74) is 7.00. The van der Waals surface area contributed by atoms with E-state index in [0.717, 1.165) is 11.1 Å². The summed E-state index contributed by atoms with van der Waals surface area (Å²) >= 11 is 0. The van der Waals surface area contributed by atoms with E-state index in [1.54, 1.807) is 0 Å². The molecule has 1 heterocycles. The largest absolute Gasteiger partial charge is 0.320 e. The van der Waals surface area contributed by atoms with Crippen LogP contribution in [0.25, 0.3) is 0 Å². The molecule has 110 valence electrons. The molecule has 3 N–H and O–H groups in total. The summed E-state index contributed by atoms with van der Waals surface area (Å²) in [5.74, 6) is 5.70. The lowest BCUT2D eigenvalue weighted by atomic mass is 10.1. The van der Waals surface area contributed by atoms with Crippen LogP contribution >= 0.6 is 0 Å². The number of benzene rings is 1. The highest BCUT2D eigenvalue weighted by atomic mass is 32.2. The molecular formula is C14H16N4O2S. The van der Waals surface area contributed by atoms with Crippen molar-refractivity contribution in [3.63, 3.8) is 0 Å². The van der Waals surface area contributed by atoms with Gasteiger partial charge in [-0.2, -0.15) is 9.40 Å². The number of hydrogen-bond acceptors (Lipinski definition) is 4. The van der Waals surface area contributed by atoms with Crippen LogP contribution in [0.4, 0.5) is 0 Å². The maximum atomic E-state index is 12.3. The zero-order valence-corrected chi connectivity index (χ0v) is 12.4. The van der Waals surface area contributed by atoms with Crippen molar-refractivity contribution in [3.05, 3.63) is 47.8 Å². The molecule has 6 nitrogen and oxygen atoms in total. The van der Waals surface area contributed by atoms with Gasteiger partial charge in [-0.1, -0.05) is 24.0 Å². The first kappa shape index (κ1) is 15.3. The summed E-state index contributed by atoms with van der Waals surface area (Å²) in [6, 6.07) is 7.41. The Labute approximate surface area is 124 Å². The summed E-state index contributed by atoms with van der Waals surface area (Å²) in [4.78, 5) is 0.143. The quantitative estimate of drug-likeness (QED) is 0.806. The number of aromatic nitrogens is 2. The fourth-order valence-corrected chi connectivity index (χ4v) is 2.87. The lowest BCUT2D eigenvalue weighted by molar-refractivity contribution is 0.467. The van der Waals surface area contributed by atoms with E-state index < -0.39 is 10.0 Å². The molecule has 0 radical (unpaired) electrons. The number of nitrogens with two attached hydrogens (primary N) is 1. The first-order valence-electron chi connectivity index (χ1n) is 6.27. The Hall–Kier alpha value is -2.14. The molecule has 0 aliphatic carbocycles. The monoisotopic (exact) mass is 304 g/mol. The number of nitrogens with one attached hydrogen (secondary N) is 1. The number of H-pyrrole nitrogens is 1. The fraction of sp³-hybridized carbons (Fsp3) is 0.214. The molecule has 0 aliphatic heterocycles. The van der Waals surface area contributed by atoms with Crippen LogP contribution in [-0.4, -0.2) is 36.5 Å². The van der Waals surface area contributed by atoms with Crippen LogP contribution < -0.4 is 5.73 Å². The van der Waals surface area contributed by atoms with Crippen molar-refractivity contribution in [1.82, 2.24) is 14.5 Å². The summed E-state index contributed by atoms with van der Waals surface area (Å²) in [5, 5.41) is 6.17. The lowest BCUT2D eigenvalue weighted by Crippen LogP contribution is -2.26. The molecule has 0 bridgehead atoms. The van der Waals surface area contributed by atoms with Crippen molar-refractivity contribution in [2.24, 2.45) is 5.73 Å². The summed E-state index contributed by atoms with van der Waals surface area (Å²) < 4.78 is 25.8. The van der Waals surface area contributed by atoms with Gasteiger partial charge in [0.1, 0.15) is 4.90 Å². The highest BCUT2D eigenvalue weighted by molar-refractivity contribution is 7.89. The Kier molecular flexibility index (Phi) is 4.75. The van der Waals surface area contributed by atoms with Crippen molar-refractivity contribution in [2.75, 3.05) is 13.6 Å². The van der Waals surface area contributed by atoms with Gasteiger partial charge in [-0.05, 0) is 17.7 Å². The van der Waals surface area contributed by atoms with Gasteiger partial charge in [-0.3, -0.25) is 5.10 Å². The van der Waals surface area contributed by atoms with E-state index in [-0.39, 0.29) is 11.4 Å². The number of aromatic amines is 1. The van der Waals surface area contributed by atoms with E-state index in [1.807, 2.05) is 24.3 Å². The smallest absolute Gasteiger partial charge is 0.246 e. The molecule has 1 aromatic carbocycles. The first-order chi connectivity index (χ1) is 10.0. The Balaban J connectivity index is 2.18. The molecule has 0 spiro atoms. The molecule has 0 unspecified atom stereocenters. The van der Waals surface area contributed by atoms with E-state index in [4.69, 9.17) is 5.73 Å². The van der Waals surface area contributed by atoms with E-state index in [2.05, 4.69) is 22.0 Å². The minimum absolute atomic E-state index is 0.143. The van der Waals surface area contributed by atoms with Gasteiger partial charge in [-0.15, -0.1) is 0 Å². The number of rotatable bonds is 4. The van der Waals surface area contributed by atoms with Crippen molar-refractivity contribution in [1.29, 1.82) is 0 Å². The second-order valence-corrected chi connectivity index (χ2v) is 6.45. The third-order valence-corrected chi connectivity index (χ3v) is 4.62. The predicted octanol–water partition coefficient (Wildman–Crippen LogP) is 0.541. The molecule has 0 saturated carbocycles. The molecule has 1 aromatic heterocycles. The first-order valence-corrected chi connectivity index (χ1v) is 7.71. The molecule has 2 aromatic rings. The maximum absolute atomic E-state index is 12.3. The minimum Gasteiger partial charge on any atom is -0.320 e. The average molecular weight is 304 g/mol. The third-order valence-electron chi connectivity index (χ3n) is 2.85. The highest BCUT2D eigenvalue weighted by Gasteiger charge is 2.21. The minimum atomic E-state index is -3.54. The molecule has 0 saturated heterocycles. The van der Waals surface area contributed by atoms with Gasteiger partial charge in [0.15, 0.2) is 0 Å². The molecule has 0 atom stereocenters. The molecule has 21 heavy (non-hydrogen) atoms. The maximum Gasteiger partial charge on any atom is 0.246 e. The van der Waals surface area contributed by atoms with E-state index in [0.29, 0.717) is 6.54 Å². The Morgan fingerprint density at radius 3 is 2.90 bits per heavy atom. The Morgan fingerprint density at radius 2 is 2.24 bits per heavy atom. The van der Waals surface area contributed by atoms with Crippen molar-refractivity contribution in [3.8, 4) is 11.8 Å². The van der Waals surface area contributed by atoms with Crippen LogP contribution in [0.2, 0.25) is 0 Å². The zero-order valence-electron chi connectivity index (χ0n) is 11.6. The van der Waals surface area contributed by atoms with Gasteiger partial charge >= 0.3 is 0 Å². The Morgan fingerprint density at radius 1 is 1.43 bits per heavy atom. The summed E-state index contributed by atoms with van der Waals surface area (Å²) in [6.07, 6.45) is 2.64. The number of nitrogens with zero attached hydrogens (tertiary/aromatic N) is 2.